The summed E-state index contributed by atoms with van der Waals surface area (Å²) in [6, 6.07) is 37.2. The van der Waals surface area contributed by atoms with Crippen LogP contribution in [0.3, 0.4) is 0 Å². The van der Waals surface area contributed by atoms with E-state index in [2.05, 4.69) is 88.1 Å². The van der Waals surface area contributed by atoms with E-state index in [1.165, 1.54) is 0 Å². The average Bonchev–Trinajstić information content (AvgIpc) is 3.52. The predicted octanol–water partition coefficient (Wildman–Crippen LogP) is 7.26. The van der Waals surface area contributed by atoms with Gasteiger partial charge in [0.15, 0.2) is 0 Å². The Balaban J connectivity index is 1.42. The van der Waals surface area contributed by atoms with E-state index in [1.54, 1.807) is 0 Å². The third-order valence-electron chi connectivity index (χ3n) is 5.80. The maximum Gasteiger partial charge on any atom is 0.0894 e. The van der Waals surface area contributed by atoms with Gasteiger partial charge in [0.05, 0.1) is 34.2 Å². The molecule has 0 saturated heterocycles. The Hall–Kier alpha value is -4.57. The van der Waals surface area contributed by atoms with Gasteiger partial charge in [-0.2, -0.15) is 0 Å². The van der Waals surface area contributed by atoms with Crippen molar-refractivity contribution in [2.75, 3.05) is 5.32 Å². The van der Waals surface area contributed by atoms with Gasteiger partial charge in [0.1, 0.15) is 0 Å². The lowest BCUT2D eigenvalue weighted by Gasteiger charge is -2.09. The van der Waals surface area contributed by atoms with Gasteiger partial charge in [-0.25, -0.2) is 4.99 Å². The summed E-state index contributed by atoms with van der Waals surface area (Å²) in [5, 5.41) is 3.58. The lowest BCUT2D eigenvalue weighted by atomic mass is 10.2. The van der Waals surface area contributed by atoms with Gasteiger partial charge in [0.2, 0.25) is 0 Å². The lowest BCUT2D eigenvalue weighted by molar-refractivity contribution is 1.34. The zero-order valence-corrected chi connectivity index (χ0v) is 17.9. The first-order valence-corrected chi connectivity index (χ1v) is 11.0. The summed E-state index contributed by atoms with van der Waals surface area (Å²) in [6.45, 7) is 0. The molecule has 0 fully saturated rings. The number of hydrogen-bond acceptors (Lipinski definition) is 2. The molecule has 3 aromatic carbocycles. The van der Waals surface area contributed by atoms with Gasteiger partial charge in [-0.05, 0) is 53.6 Å². The highest BCUT2D eigenvalue weighted by Crippen LogP contribution is 2.33. The van der Waals surface area contributed by atoms with E-state index in [0.29, 0.717) is 0 Å². The minimum absolute atomic E-state index is 0.875. The molecule has 158 valence electrons. The minimum Gasteiger partial charge on any atom is -0.353 e. The third-order valence-corrected chi connectivity index (χ3v) is 5.80. The van der Waals surface area contributed by atoms with E-state index in [-0.39, 0.29) is 0 Å². The van der Waals surface area contributed by atoms with Crippen LogP contribution < -0.4 is 5.32 Å². The molecular weight excluding hydrogens is 404 g/mol. The summed E-state index contributed by atoms with van der Waals surface area (Å²) in [4.78, 5) is 12.1. The van der Waals surface area contributed by atoms with Crippen molar-refractivity contribution in [3.8, 4) is 22.5 Å². The number of para-hydroxylation sites is 2. The van der Waals surface area contributed by atoms with Gasteiger partial charge >= 0.3 is 0 Å². The van der Waals surface area contributed by atoms with Crippen molar-refractivity contribution in [3.05, 3.63) is 127 Å². The van der Waals surface area contributed by atoms with Crippen molar-refractivity contribution in [2.24, 2.45) is 4.99 Å². The van der Waals surface area contributed by atoms with Crippen LogP contribution >= 0.6 is 0 Å². The SMILES string of the molecule is C1=C(c2ccc(-c3ccccc3)[nH]2)Nc2ccccc2N=C1c1ccc(-c2ccccc2)[nH]1. The molecule has 3 heterocycles. The first-order valence-electron chi connectivity index (χ1n) is 11.0. The van der Waals surface area contributed by atoms with Gasteiger partial charge in [-0.3, -0.25) is 0 Å². The van der Waals surface area contributed by atoms with Crippen LogP contribution in [0.5, 0.6) is 0 Å². The quantitative estimate of drug-likeness (QED) is 0.278. The van der Waals surface area contributed by atoms with Gasteiger partial charge in [0, 0.05) is 11.4 Å². The molecule has 0 atom stereocenters. The van der Waals surface area contributed by atoms with Crippen molar-refractivity contribution in [1.29, 1.82) is 0 Å². The Kier molecular flexibility index (Phi) is 4.74. The summed E-state index contributed by atoms with van der Waals surface area (Å²) in [7, 11) is 0. The first-order chi connectivity index (χ1) is 16.3. The molecule has 5 aromatic rings. The lowest BCUT2D eigenvalue weighted by Crippen LogP contribution is -2.02. The number of anilines is 1. The summed E-state index contributed by atoms with van der Waals surface area (Å²) in [6.07, 6.45) is 2.10. The highest BCUT2D eigenvalue weighted by atomic mass is 15.0. The molecule has 0 saturated carbocycles. The normalized spacial score (nSPS) is 12.8. The van der Waals surface area contributed by atoms with Crippen LogP contribution in [0.25, 0.3) is 28.2 Å². The number of benzene rings is 3. The Labute approximate surface area is 192 Å². The number of aromatic amines is 2. The van der Waals surface area contributed by atoms with Gasteiger partial charge in [-0.15, -0.1) is 0 Å². The van der Waals surface area contributed by atoms with Crippen molar-refractivity contribution in [3.63, 3.8) is 0 Å². The topological polar surface area (TPSA) is 56.0 Å². The Morgan fingerprint density at radius 3 is 1.73 bits per heavy atom. The van der Waals surface area contributed by atoms with E-state index in [1.807, 2.05) is 42.5 Å². The molecule has 3 N–H and O–H groups in total. The van der Waals surface area contributed by atoms with Crippen molar-refractivity contribution in [2.45, 2.75) is 0 Å². The van der Waals surface area contributed by atoms with Crippen LogP contribution in [-0.4, -0.2) is 15.7 Å². The second-order valence-electron chi connectivity index (χ2n) is 8.00. The summed E-state index contributed by atoms with van der Waals surface area (Å²) < 4.78 is 0. The standard InChI is InChI=1S/C29H22N4/c1-3-9-20(10-4-1)22-15-17-26(30-22)28-19-29(33-25-14-8-7-13-24(25)32-28)27-18-16-23(31-27)21-11-5-2-6-12-21/h1-19,30-32H. The zero-order valence-electron chi connectivity index (χ0n) is 17.9. The number of nitrogens with one attached hydrogen (secondary N) is 3. The monoisotopic (exact) mass is 426 g/mol. The van der Waals surface area contributed by atoms with Crippen molar-refractivity contribution < 1.29 is 0 Å². The average molecular weight is 427 g/mol. The molecule has 0 aliphatic carbocycles. The molecule has 1 aliphatic heterocycles. The van der Waals surface area contributed by atoms with Gasteiger partial charge in [-0.1, -0.05) is 72.8 Å². The Bertz CT molecular complexity index is 1470. The van der Waals surface area contributed by atoms with Gasteiger partial charge < -0.3 is 15.3 Å². The van der Waals surface area contributed by atoms with E-state index < -0.39 is 0 Å². The molecule has 0 amide bonds. The maximum atomic E-state index is 4.99. The van der Waals surface area contributed by atoms with Crippen molar-refractivity contribution >= 4 is 22.8 Å². The fraction of sp³-hybridized carbons (Fsp3) is 0. The van der Waals surface area contributed by atoms with Crippen LogP contribution in [0, 0.1) is 0 Å². The van der Waals surface area contributed by atoms with E-state index >= 15 is 0 Å². The summed E-state index contributed by atoms with van der Waals surface area (Å²) in [5.74, 6) is 0. The van der Waals surface area contributed by atoms with Crippen LogP contribution in [0.15, 0.2) is 120 Å². The van der Waals surface area contributed by atoms with Crippen LogP contribution in [0.2, 0.25) is 0 Å². The highest BCUT2D eigenvalue weighted by molar-refractivity contribution is 6.15. The molecule has 0 spiro atoms. The molecule has 0 bridgehead atoms. The molecule has 33 heavy (non-hydrogen) atoms. The maximum absolute atomic E-state index is 4.99. The summed E-state index contributed by atoms with van der Waals surface area (Å²) >= 11 is 0. The number of fused-ring (bicyclic) bond motifs is 1. The van der Waals surface area contributed by atoms with Crippen molar-refractivity contribution in [1.82, 2.24) is 9.97 Å². The highest BCUT2D eigenvalue weighted by Gasteiger charge is 2.16. The molecule has 4 nitrogen and oxygen atoms in total. The first kappa shape index (κ1) is 19.1. The van der Waals surface area contributed by atoms with E-state index in [0.717, 1.165) is 56.7 Å². The fourth-order valence-electron chi connectivity index (χ4n) is 4.11. The van der Waals surface area contributed by atoms with Crippen LogP contribution in [0.4, 0.5) is 11.4 Å². The predicted molar refractivity (Wildman–Crippen MR) is 137 cm³/mol. The fourth-order valence-corrected chi connectivity index (χ4v) is 4.11. The molecule has 0 radical (unpaired) electrons. The van der Waals surface area contributed by atoms with Gasteiger partial charge in [0.25, 0.3) is 0 Å². The molecule has 1 aliphatic rings. The number of rotatable bonds is 4. The zero-order chi connectivity index (χ0) is 22.0. The second kappa shape index (κ2) is 8.17. The Morgan fingerprint density at radius 1 is 0.485 bits per heavy atom. The largest absolute Gasteiger partial charge is 0.353 e. The van der Waals surface area contributed by atoms with E-state index in [4.69, 9.17) is 4.99 Å². The minimum atomic E-state index is 0.875. The number of aliphatic imine (C=N–C) groups is 1. The number of H-pyrrole nitrogens is 2. The third kappa shape index (κ3) is 3.79. The second-order valence-corrected chi connectivity index (χ2v) is 8.00. The molecule has 4 heteroatoms. The molecule has 2 aromatic heterocycles. The molecule has 0 unspecified atom stereocenters. The number of aromatic nitrogens is 2. The van der Waals surface area contributed by atoms with Crippen LogP contribution in [-0.2, 0) is 0 Å². The van der Waals surface area contributed by atoms with E-state index in [9.17, 15) is 0 Å². The number of allylic oxidation sites excluding steroid dienone is 1. The smallest absolute Gasteiger partial charge is 0.0894 e. The molecular formula is C29H22N4. The number of hydrogen-bond donors (Lipinski definition) is 3. The molecule has 6 rings (SSSR count). The van der Waals surface area contributed by atoms with Crippen LogP contribution in [0.1, 0.15) is 11.4 Å². The Morgan fingerprint density at radius 2 is 1.03 bits per heavy atom. The summed E-state index contributed by atoms with van der Waals surface area (Å²) in [5.41, 5.74) is 10.2. The number of nitrogens with zero attached hydrogens (tertiary/aromatic N) is 1.